The van der Waals surface area contributed by atoms with E-state index in [9.17, 15) is 18.0 Å². The highest BCUT2D eigenvalue weighted by molar-refractivity contribution is 7.92. The number of carbonyl (C=O) groups is 2. The highest BCUT2D eigenvalue weighted by Crippen LogP contribution is 2.33. The van der Waals surface area contributed by atoms with Crippen LogP contribution >= 0.6 is 0 Å². The minimum atomic E-state index is -4.23. The summed E-state index contributed by atoms with van der Waals surface area (Å²) >= 11 is 0. The molecule has 4 aromatic rings. The lowest BCUT2D eigenvalue weighted by Crippen LogP contribution is -2.53. The molecule has 0 aromatic heterocycles. The van der Waals surface area contributed by atoms with Gasteiger partial charge in [-0.1, -0.05) is 91.3 Å². The van der Waals surface area contributed by atoms with Crippen molar-refractivity contribution in [1.29, 1.82) is 0 Å². The molecule has 1 unspecified atom stereocenters. The molecule has 45 heavy (non-hydrogen) atoms. The van der Waals surface area contributed by atoms with E-state index in [1.54, 1.807) is 36.4 Å². The molecule has 0 saturated heterocycles. The van der Waals surface area contributed by atoms with Gasteiger partial charge in [0.15, 0.2) is 0 Å². The summed E-state index contributed by atoms with van der Waals surface area (Å²) in [7, 11) is -2.77. The maximum atomic E-state index is 14.6. The molecule has 0 heterocycles. The minimum Gasteiger partial charge on any atom is -0.495 e. The molecule has 0 aliphatic carbocycles. The third-order valence-corrected chi connectivity index (χ3v) is 9.44. The fourth-order valence-electron chi connectivity index (χ4n) is 5.08. The molecule has 0 spiro atoms. The van der Waals surface area contributed by atoms with Crippen molar-refractivity contribution < 1.29 is 22.7 Å². The summed E-state index contributed by atoms with van der Waals surface area (Å²) in [6.07, 6.45) is 0.985. The van der Waals surface area contributed by atoms with Gasteiger partial charge in [-0.3, -0.25) is 13.9 Å². The number of nitrogens with zero attached hydrogens (tertiary/aromatic N) is 2. The summed E-state index contributed by atoms with van der Waals surface area (Å²) in [5.74, 6) is -0.520. The molecule has 4 rings (SSSR count). The number of amides is 2. The number of sulfonamides is 1. The highest BCUT2D eigenvalue weighted by Gasteiger charge is 2.35. The van der Waals surface area contributed by atoms with Crippen LogP contribution < -0.4 is 14.4 Å². The Morgan fingerprint density at radius 3 is 2.16 bits per heavy atom. The predicted octanol–water partition coefficient (Wildman–Crippen LogP) is 5.67. The lowest BCUT2D eigenvalue weighted by Gasteiger charge is -2.34. The van der Waals surface area contributed by atoms with Gasteiger partial charge in [-0.25, -0.2) is 8.42 Å². The average molecular weight is 628 g/mol. The first kappa shape index (κ1) is 33.3. The van der Waals surface area contributed by atoms with Crippen LogP contribution in [0.1, 0.15) is 35.6 Å². The van der Waals surface area contributed by atoms with Gasteiger partial charge in [-0.05, 0) is 61.2 Å². The van der Waals surface area contributed by atoms with Crippen LogP contribution in [0.4, 0.5) is 5.69 Å². The molecule has 0 radical (unpaired) electrons. The molecule has 236 valence electrons. The summed E-state index contributed by atoms with van der Waals surface area (Å²) in [6, 6.07) is 29.5. The lowest BCUT2D eigenvalue weighted by molar-refractivity contribution is -0.140. The van der Waals surface area contributed by atoms with E-state index in [2.05, 4.69) is 5.32 Å². The number of rotatable bonds is 14. The quantitative estimate of drug-likeness (QED) is 0.194. The second-order valence-corrected chi connectivity index (χ2v) is 12.8. The molecular formula is C36H41N3O5S. The summed E-state index contributed by atoms with van der Waals surface area (Å²) in [5.41, 5.74) is 3.82. The molecule has 0 saturated carbocycles. The Morgan fingerprint density at radius 1 is 0.844 bits per heavy atom. The van der Waals surface area contributed by atoms with Gasteiger partial charge in [0.2, 0.25) is 11.8 Å². The molecule has 0 fully saturated rings. The Kier molecular flexibility index (Phi) is 11.4. The van der Waals surface area contributed by atoms with Gasteiger partial charge in [0.05, 0.1) is 17.7 Å². The van der Waals surface area contributed by atoms with Crippen molar-refractivity contribution in [2.24, 2.45) is 0 Å². The summed E-state index contributed by atoms with van der Waals surface area (Å²) in [6.45, 7) is 5.80. The summed E-state index contributed by atoms with van der Waals surface area (Å²) in [4.78, 5) is 29.9. The Balaban J connectivity index is 1.83. The lowest BCUT2D eigenvalue weighted by atomic mass is 10.0. The van der Waals surface area contributed by atoms with E-state index in [1.807, 2.05) is 75.4 Å². The molecule has 1 atom stereocenters. The van der Waals surface area contributed by atoms with Gasteiger partial charge in [0.25, 0.3) is 10.0 Å². The maximum Gasteiger partial charge on any atom is 0.264 e. The van der Waals surface area contributed by atoms with Crippen LogP contribution in [0.15, 0.2) is 108 Å². The van der Waals surface area contributed by atoms with Gasteiger partial charge in [-0.15, -0.1) is 0 Å². The number of nitrogens with one attached hydrogen (secondary N) is 1. The summed E-state index contributed by atoms with van der Waals surface area (Å²) < 4.78 is 35.1. The van der Waals surface area contributed by atoms with Crippen LogP contribution in [0.3, 0.4) is 0 Å². The molecule has 8 nitrogen and oxygen atoms in total. The zero-order valence-corrected chi connectivity index (χ0v) is 27.1. The zero-order valence-electron chi connectivity index (χ0n) is 26.3. The van der Waals surface area contributed by atoms with Gasteiger partial charge >= 0.3 is 0 Å². The number of hydrogen-bond donors (Lipinski definition) is 1. The number of anilines is 1. The van der Waals surface area contributed by atoms with Crippen molar-refractivity contribution in [2.45, 2.75) is 51.1 Å². The van der Waals surface area contributed by atoms with Crippen molar-refractivity contribution in [3.8, 4) is 5.75 Å². The van der Waals surface area contributed by atoms with E-state index in [4.69, 9.17) is 4.74 Å². The normalized spacial score (nSPS) is 11.8. The average Bonchev–Trinajstić information content (AvgIpc) is 3.05. The van der Waals surface area contributed by atoms with Gasteiger partial charge in [0.1, 0.15) is 18.3 Å². The van der Waals surface area contributed by atoms with Gasteiger partial charge < -0.3 is 15.0 Å². The predicted molar refractivity (Wildman–Crippen MR) is 178 cm³/mol. The van der Waals surface area contributed by atoms with E-state index in [1.165, 1.54) is 24.1 Å². The number of carbonyl (C=O) groups excluding carboxylic acids is 2. The SMILES string of the molecule is CCCNC(=O)C(Cc1ccccc1)N(Cc1ccccc1C)C(=O)CN(c1ccccc1OC)S(=O)(=O)c1ccc(C)cc1. The highest BCUT2D eigenvalue weighted by atomic mass is 32.2. The van der Waals surface area contributed by atoms with Crippen LogP contribution in [-0.4, -0.2) is 51.4 Å². The second-order valence-electron chi connectivity index (χ2n) is 10.9. The van der Waals surface area contributed by atoms with E-state index >= 15 is 0 Å². The van der Waals surface area contributed by atoms with Crippen molar-refractivity contribution in [3.63, 3.8) is 0 Å². The number of aryl methyl sites for hydroxylation is 2. The number of hydrogen-bond acceptors (Lipinski definition) is 5. The molecule has 2 amide bonds. The van der Waals surface area contributed by atoms with Crippen LogP contribution in [0.25, 0.3) is 0 Å². The molecule has 1 N–H and O–H groups in total. The van der Waals surface area contributed by atoms with E-state index in [0.717, 1.165) is 33.0 Å². The monoisotopic (exact) mass is 627 g/mol. The molecule has 9 heteroatoms. The number of ether oxygens (including phenoxy) is 1. The van der Waals surface area contributed by atoms with Crippen LogP contribution in [0, 0.1) is 13.8 Å². The van der Waals surface area contributed by atoms with Crippen molar-refractivity contribution in [2.75, 3.05) is 24.5 Å². The van der Waals surface area contributed by atoms with E-state index < -0.39 is 28.5 Å². The smallest absolute Gasteiger partial charge is 0.264 e. The van der Waals surface area contributed by atoms with Crippen LogP contribution in [-0.2, 0) is 32.6 Å². The molecule has 0 aliphatic heterocycles. The topological polar surface area (TPSA) is 96.0 Å². The Morgan fingerprint density at radius 2 is 1.49 bits per heavy atom. The number of methoxy groups -OCH3 is 1. The van der Waals surface area contributed by atoms with E-state index in [0.29, 0.717) is 12.3 Å². The largest absolute Gasteiger partial charge is 0.495 e. The zero-order chi connectivity index (χ0) is 32.4. The van der Waals surface area contributed by atoms with Crippen molar-refractivity contribution in [3.05, 3.63) is 125 Å². The third-order valence-electron chi connectivity index (χ3n) is 7.66. The fourth-order valence-corrected chi connectivity index (χ4v) is 6.50. The first-order chi connectivity index (χ1) is 21.6. The molecular weight excluding hydrogens is 586 g/mol. The molecule has 0 bridgehead atoms. The standard InChI is InChI=1S/C36H41N3O5S/c1-5-23-37-36(41)33(24-29-14-7-6-8-15-29)38(25-30-16-10-9-13-28(30)3)35(40)26-39(32-17-11-12-18-34(32)44-4)45(42,43)31-21-19-27(2)20-22-31/h6-22,33H,5,23-26H2,1-4H3,(H,37,41). The van der Waals surface area contributed by atoms with Crippen molar-refractivity contribution >= 4 is 27.5 Å². The second kappa shape index (κ2) is 15.4. The fraction of sp³-hybridized carbons (Fsp3) is 0.278. The molecule has 4 aromatic carbocycles. The van der Waals surface area contributed by atoms with Crippen LogP contribution in [0.2, 0.25) is 0 Å². The van der Waals surface area contributed by atoms with Crippen LogP contribution in [0.5, 0.6) is 5.75 Å². The van der Waals surface area contributed by atoms with Gasteiger partial charge in [-0.2, -0.15) is 0 Å². The number of para-hydroxylation sites is 2. The summed E-state index contributed by atoms with van der Waals surface area (Å²) in [5, 5.41) is 2.97. The number of benzene rings is 4. The van der Waals surface area contributed by atoms with Crippen molar-refractivity contribution in [1.82, 2.24) is 10.2 Å². The Labute approximate surface area is 266 Å². The Bertz CT molecular complexity index is 1690. The minimum absolute atomic E-state index is 0.0405. The first-order valence-electron chi connectivity index (χ1n) is 15.0. The third kappa shape index (κ3) is 8.30. The van der Waals surface area contributed by atoms with E-state index in [-0.39, 0.29) is 29.5 Å². The van der Waals surface area contributed by atoms with Gasteiger partial charge in [0, 0.05) is 19.5 Å². The molecule has 0 aliphatic rings. The Hall–Kier alpha value is -4.63. The maximum absolute atomic E-state index is 14.6. The first-order valence-corrected chi connectivity index (χ1v) is 16.5.